The summed E-state index contributed by atoms with van der Waals surface area (Å²) in [5.41, 5.74) is 2.54. The lowest BCUT2D eigenvalue weighted by atomic mass is 10.1. The fraction of sp³-hybridized carbons (Fsp3) is 0.263. The summed E-state index contributed by atoms with van der Waals surface area (Å²) in [6.07, 6.45) is 0.193. The zero-order chi connectivity index (χ0) is 18.9. The van der Waals surface area contributed by atoms with Crippen LogP contribution >= 0.6 is 0 Å². The monoisotopic (exact) mass is 372 g/mol. The Balaban J connectivity index is 1.89. The Morgan fingerprint density at radius 2 is 1.81 bits per heavy atom. The molecule has 0 radical (unpaired) electrons. The molecule has 26 heavy (non-hydrogen) atoms. The molecule has 3 rings (SSSR count). The molecule has 1 unspecified atom stereocenters. The van der Waals surface area contributed by atoms with Gasteiger partial charge in [-0.05, 0) is 44.0 Å². The van der Waals surface area contributed by atoms with E-state index in [1.807, 2.05) is 26.0 Å². The molecule has 0 aliphatic carbocycles. The van der Waals surface area contributed by atoms with Gasteiger partial charge in [0.25, 0.3) is 10.0 Å². The Labute approximate surface area is 152 Å². The number of nitrogens with one attached hydrogen (secondary N) is 1. The largest absolute Gasteiger partial charge is 0.324 e. The lowest BCUT2D eigenvalue weighted by Gasteiger charge is -2.24. The van der Waals surface area contributed by atoms with Crippen LogP contribution in [0.4, 0.5) is 5.69 Å². The fourth-order valence-electron chi connectivity index (χ4n) is 3.08. The van der Waals surface area contributed by atoms with Gasteiger partial charge in [0.15, 0.2) is 0 Å². The number of nitrogens with zero attached hydrogens (tertiary/aromatic N) is 1. The van der Waals surface area contributed by atoms with Gasteiger partial charge in [-0.3, -0.25) is 9.59 Å². The summed E-state index contributed by atoms with van der Waals surface area (Å²) in [7, 11) is -4.07. The number of sulfonamides is 1. The number of benzene rings is 2. The van der Waals surface area contributed by atoms with E-state index in [2.05, 4.69) is 5.32 Å². The van der Waals surface area contributed by atoms with E-state index < -0.39 is 27.9 Å². The van der Waals surface area contributed by atoms with Crippen LogP contribution in [0.25, 0.3) is 0 Å². The Morgan fingerprint density at radius 3 is 2.46 bits per heavy atom. The second kappa shape index (κ2) is 6.92. The van der Waals surface area contributed by atoms with Crippen LogP contribution in [0.15, 0.2) is 53.4 Å². The van der Waals surface area contributed by atoms with Crippen molar-refractivity contribution in [2.45, 2.75) is 37.6 Å². The van der Waals surface area contributed by atoms with Crippen molar-refractivity contribution in [2.24, 2.45) is 0 Å². The molecule has 7 heteroatoms. The summed E-state index contributed by atoms with van der Waals surface area (Å²) in [6.45, 7) is 3.81. The minimum atomic E-state index is -4.07. The van der Waals surface area contributed by atoms with Crippen molar-refractivity contribution in [2.75, 3.05) is 5.32 Å². The van der Waals surface area contributed by atoms with E-state index in [4.69, 9.17) is 0 Å². The highest BCUT2D eigenvalue weighted by atomic mass is 32.2. The molecule has 1 aliphatic heterocycles. The molecular formula is C19H20N2O4S. The zero-order valence-corrected chi connectivity index (χ0v) is 15.4. The normalized spacial score (nSPS) is 17.4. The second-order valence-corrected chi connectivity index (χ2v) is 8.18. The average Bonchev–Trinajstić information content (AvgIpc) is 3.00. The molecule has 1 atom stereocenters. The molecule has 1 aliphatic rings. The number of anilines is 1. The molecule has 2 amide bonds. The van der Waals surface area contributed by atoms with Crippen molar-refractivity contribution in [3.63, 3.8) is 0 Å². The molecule has 6 nitrogen and oxygen atoms in total. The van der Waals surface area contributed by atoms with E-state index in [0.717, 1.165) is 15.4 Å². The summed E-state index contributed by atoms with van der Waals surface area (Å²) in [4.78, 5) is 25.0. The van der Waals surface area contributed by atoms with Crippen LogP contribution in [0.1, 0.15) is 24.0 Å². The van der Waals surface area contributed by atoms with E-state index in [1.165, 1.54) is 12.1 Å². The smallest absolute Gasteiger partial charge is 0.267 e. The van der Waals surface area contributed by atoms with E-state index >= 15 is 0 Å². The highest BCUT2D eigenvalue weighted by Gasteiger charge is 2.44. The molecule has 0 aromatic heterocycles. The van der Waals surface area contributed by atoms with E-state index in [0.29, 0.717) is 5.69 Å². The minimum Gasteiger partial charge on any atom is -0.324 e. The Morgan fingerprint density at radius 1 is 1.12 bits per heavy atom. The maximum absolute atomic E-state index is 12.8. The van der Waals surface area contributed by atoms with Gasteiger partial charge >= 0.3 is 0 Å². The topological polar surface area (TPSA) is 83.6 Å². The molecule has 1 heterocycles. The summed E-state index contributed by atoms with van der Waals surface area (Å²) in [6, 6.07) is 12.2. The molecule has 2 aromatic carbocycles. The standard InChI is InChI=1S/C19H20N2O4S/c1-13-8-9-16(14(2)12-13)20-19(23)17-10-11-18(22)21(17)26(24,25)15-6-4-3-5-7-15/h3-9,12,17H,10-11H2,1-2H3,(H,20,23). The molecule has 2 aromatic rings. The van der Waals surface area contributed by atoms with Gasteiger partial charge in [-0.2, -0.15) is 0 Å². The van der Waals surface area contributed by atoms with Gasteiger partial charge in [-0.1, -0.05) is 35.9 Å². The van der Waals surface area contributed by atoms with Gasteiger partial charge in [0.2, 0.25) is 11.8 Å². The molecule has 0 spiro atoms. The third kappa shape index (κ3) is 3.35. The molecule has 1 saturated heterocycles. The van der Waals surface area contributed by atoms with Gasteiger partial charge in [-0.25, -0.2) is 12.7 Å². The van der Waals surface area contributed by atoms with Gasteiger partial charge in [0.05, 0.1) is 4.90 Å². The van der Waals surface area contributed by atoms with Crippen LogP contribution in [-0.2, 0) is 19.6 Å². The van der Waals surface area contributed by atoms with Crippen LogP contribution < -0.4 is 5.32 Å². The fourth-order valence-corrected chi connectivity index (χ4v) is 4.70. The van der Waals surface area contributed by atoms with E-state index in [9.17, 15) is 18.0 Å². The number of hydrogen-bond donors (Lipinski definition) is 1. The summed E-state index contributed by atoms with van der Waals surface area (Å²) >= 11 is 0. The van der Waals surface area contributed by atoms with Crippen LogP contribution in [-0.4, -0.2) is 30.6 Å². The predicted molar refractivity (Wildman–Crippen MR) is 98.0 cm³/mol. The van der Waals surface area contributed by atoms with Crippen LogP contribution in [0.5, 0.6) is 0 Å². The SMILES string of the molecule is Cc1ccc(NC(=O)C2CCC(=O)N2S(=O)(=O)c2ccccc2)c(C)c1. The van der Waals surface area contributed by atoms with E-state index in [-0.39, 0.29) is 17.7 Å². The first-order chi connectivity index (χ1) is 12.3. The zero-order valence-electron chi connectivity index (χ0n) is 14.6. The molecular weight excluding hydrogens is 352 g/mol. The highest BCUT2D eigenvalue weighted by Crippen LogP contribution is 2.28. The Bertz CT molecular complexity index is 955. The minimum absolute atomic E-state index is 0.000401. The number of amides is 2. The maximum Gasteiger partial charge on any atom is 0.267 e. The van der Waals surface area contributed by atoms with Gasteiger partial charge in [0.1, 0.15) is 6.04 Å². The highest BCUT2D eigenvalue weighted by molar-refractivity contribution is 7.89. The summed E-state index contributed by atoms with van der Waals surface area (Å²) < 4.78 is 26.4. The Kier molecular flexibility index (Phi) is 4.82. The van der Waals surface area contributed by atoms with Crippen molar-refractivity contribution in [3.8, 4) is 0 Å². The third-order valence-electron chi connectivity index (χ3n) is 4.40. The van der Waals surface area contributed by atoms with Crippen molar-refractivity contribution in [1.29, 1.82) is 0 Å². The maximum atomic E-state index is 12.8. The lowest BCUT2D eigenvalue weighted by Crippen LogP contribution is -2.45. The van der Waals surface area contributed by atoms with Crippen molar-refractivity contribution < 1.29 is 18.0 Å². The first-order valence-corrected chi connectivity index (χ1v) is 9.75. The van der Waals surface area contributed by atoms with Gasteiger partial charge in [0, 0.05) is 12.1 Å². The number of carbonyl (C=O) groups is 2. The summed E-state index contributed by atoms with van der Waals surface area (Å²) in [5.74, 6) is -1.06. The Hall–Kier alpha value is -2.67. The molecule has 0 bridgehead atoms. The molecule has 136 valence electrons. The molecule has 0 saturated carbocycles. The number of hydrogen-bond acceptors (Lipinski definition) is 4. The molecule has 1 N–H and O–H groups in total. The first kappa shape index (κ1) is 18.1. The summed E-state index contributed by atoms with van der Waals surface area (Å²) in [5, 5.41) is 2.76. The third-order valence-corrected chi connectivity index (χ3v) is 6.25. The van der Waals surface area contributed by atoms with Crippen LogP contribution in [0.2, 0.25) is 0 Å². The predicted octanol–water partition coefficient (Wildman–Crippen LogP) is 2.62. The first-order valence-electron chi connectivity index (χ1n) is 8.31. The van der Waals surface area contributed by atoms with Crippen molar-refractivity contribution in [1.82, 2.24) is 4.31 Å². The number of rotatable bonds is 4. The quantitative estimate of drug-likeness (QED) is 0.894. The van der Waals surface area contributed by atoms with Crippen LogP contribution in [0, 0.1) is 13.8 Å². The van der Waals surface area contributed by atoms with Crippen LogP contribution in [0.3, 0.4) is 0 Å². The lowest BCUT2D eigenvalue weighted by molar-refractivity contribution is -0.128. The van der Waals surface area contributed by atoms with Crippen molar-refractivity contribution in [3.05, 3.63) is 59.7 Å². The number of carbonyl (C=O) groups excluding carboxylic acids is 2. The number of aryl methyl sites for hydroxylation is 2. The van der Waals surface area contributed by atoms with Crippen molar-refractivity contribution >= 4 is 27.5 Å². The second-order valence-electron chi connectivity index (χ2n) is 6.37. The van der Waals surface area contributed by atoms with E-state index in [1.54, 1.807) is 24.3 Å². The van der Waals surface area contributed by atoms with Gasteiger partial charge in [-0.15, -0.1) is 0 Å². The van der Waals surface area contributed by atoms with Gasteiger partial charge < -0.3 is 5.32 Å². The average molecular weight is 372 g/mol. The molecule has 1 fully saturated rings.